The molecular formula is C14H14N2O3. The minimum atomic E-state index is -0.498. The monoisotopic (exact) mass is 258 g/mol. The lowest BCUT2D eigenvalue weighted by atomic mass is 10.1. The second kappa shape index (κ2) is 4.97. The van der Waals surface area contributed by atoms with Crippen molar-refractivity contribution in [2.24, 2.45) is 0 Å². The number of carbonyl (C=O) groups excluding carboxylic acids is 1. The van der Waals surface area contributed by atoms with E-state index in [1.807, 2.05) is 6.92 Å². The van der Waals surface area contributed by atoms with Crippen LogP contribution in [0.25, 0.3) is 0 Å². The molecule has 0 bridgehead atoms. The van der Waals surface area contributed by atoms with Gasteiger partial charge in [-0.25, -0.2) is 0 Å². The van der Waals surface area contributed by atoms with Crippen molar-refractivity contribution in [3.63, 3.8) is 0 Å². The first kappa shape index (κ1) is 12.9. The summed E-state index contributed by atoms with van der Waals surface area (Å²) in [5, 5.41) is 21.6. The van der Waals surface area contributed by atoms with E-state index in [2.05, 4.69) is 10.3 Å². The van der Waals surface area contributed by atoms with E-state index in [1.165, 1.54) is 18.2 Å². The summed E-state index contributed by atoms with van der Waals surface area (Å²) in [6, 6.07) is 7.32. The zero-order valence-electron chi connectivity index (χ0n) is 10.6. The summed E-state index contributed by atoms with van der Waals surface area (Å²) in [5.74, 6) is -0.767. The van der Waals surface area contributed by atoms with E-state index in [1.54, 1.807) is 19.1 Å². The minimum Gasteiger partial charge on any atom is -0.508 e. The van der Waals surface area contributed by atoms with Crippen molar-refractivity contribution in [1.29, 1.82) is 0 Å². The number of nitrogens with one attached hydrogen (secondary N) is 1. The molecule has 0 aliphatic rings. The molecule has 0 atom stereocenters. The largest absolute Gasteiger partial charge is 0.508 e. The summed E-state index contributed by atoms with van der Waals surface area (Å²) < 4.78 is 0. The van der Waals surface area contributed by atoms with E-state index >= 15 is 0 Å². The average Bonchev–Trinajstić information content (AvgIpc) is 2.35. The number of aromatic nitrogens is 1. The van der Waals surface area contributed by atoms with Crippen molar-refractivity contribution >= 4 is 11.6 Å². The molecule has 5 heteroatoms. The van der Waals surface area contributed by atoms with Crippen LogP contribution in [0.2, 0.25) is 0 Å². The van der Waals surface area contributed by atoms with Gasteiger partial charge in [-0.2, -0.15) is 0 Å². The van der Waals surface area contributed by atoms with Crippen molar-refractivity contribution in [2.75, 3.05) is 5.32 Å². The van der Waals surface area contributed by atoms with Gasteiger partial charge in [-0.15, -0.1) is 0 Å². The highest BCUT2D eigenvalue weighted by Gasteiger charge is 2.13. The highest BCUT2D eigenvalue weighted by atomic mass is 16.3. The molecule has 1 amide bonds. The third-order valence-electron chi connectivity index (χ3n) is 2.70. The summed E-state index contributed by atoms with van der Waals surface area (Å²) in [7, 11) is 0. The number of hydrogen-bond donors (Lipinski definition) is 3. The SMILES string of the molecule is Cc1ccc(NC(=O)c2cc(O)ccc2O)c(C)n1. The molecule has 3 N–H and O–H groups in total. The van der Waals surface area contributed by atoms with E-state index in [-0.39, 0.29) is 17.1 Å². The zero-order chi connectivity index (χ0) is 14.0. The number of aromatic hydroxyl groups is 2. The molecule has 0 saturated heterocycles. The fourth-order valence-electron chi connectivity index (χ4n) is 1.71. The molecule has 0 spiro atoms. The summed E-state index contributed by atoms with van der Waals surface area (Å²) in [4.78, 5) is 16.2. The minimum absolute atomic E-state index is 0.0139. The van der Waals surface area contributed by atoms with Gasteiger partial charge >= 0.3 is 0 Å². The number of phenols is 2. The molecule has 0 fully saturated rings. The van der Waals surface area contributed by atoms with Gasteiger partial charge < -0.3 is 15.5 Å². The van der Waals surface area contributed by atoms with Gasteiger partial charge in [0.25, 0.3) is 5.91 Å². The summed E-state index contributed by atoms with van der Waals surface area (Å²) in [5.41, 5.74) is 2.13. The fourth-order valence-corrected chi connectivity index (χ4v) is 1.71. The van der Waals surface area contributed by atoms with Crippen LogP contribution in [0, 0.1) is 13.8 Å². The number of amides is 1. The first-order valence-electron chi connectivity index (χ1n) is 5.75. The number of pyridine rings is 1. The molecule has 98 valence electrons. The lowest BCUT2D eigenvalue weighted by Crippen LogP contribution is -2.13. The summed E-state index contributed by atoms with van der Waals surface area (Å²) >= 11 is 0. The van der Waals surface area contributed by atoms with Gasteiger partial charge in [-0.1, -0.05) is 0 Å². The second-order valence-electron chi connectivity index (χ2n) is 4.24. The third-order valence-corrected chi connectivity index (χ3v) is 2.70. The van der Waals surface area contributed by atoms with Gasteiger partial charge in [0.1, 0.15) is 11.5 Å². The third kappa shape index (κ3) is 2.82. The number of anilines is 1. The van der Waals surface area contributed by atoms with Gasteiger partial charge in [0.05, 0.1) is 16.9 Å². The number of carbonyl (C=O) groups is 1. The van der Waals surface area contributed by atoms with E-state index in [9.17, 15) is 15.0 Å². The van der Waals surface area contributed by atoms with Crippen molar-refractivity contribution < 1.29 is 15.0 Å². The van der Waals surface area contributed by atoms with Crippen LogP contribution in [0.3, 0.4) is 0 Å². The molecule has 19 heavy (non-hydrogen) atoms. The molecular weight excluding hydrogens is 244 g/mol. The van der Waals surface area contributed by atoms with Crippen molar-refractivity contribution in [3.05, 3.63) is 47.3 Å². The number of nitrogens with zero attached hydrogens (tertiary/aromatic N) is 1. The number of hydrogen-bond acceptors (Lipinski definition) is 4. The Morgan fingerprint density at radius 2 is 1.89 bits per heavy atom. The van der Waals surface area contributed by atoms with E-state index in [0.717, 1.165) is 5.69 Å². The molecule has 0 radical (unpaired) electrons. The van der Waals surface area contributed by atoms with E-state index < -0.39 is 5.91 Å². The molecule has 2 rings (SSSR count). The van der Waals surface area contributed by atoms with Gasteiger partial charge in [0.15, 0.2) is 0 Å². The smallest absolute Gasteiger partial charge is 0.259 e. The number of phenolic OH excluding ortho intramolecular Hbond substituents is 2. The molecule has 1 aromatic heterocycles. The Morgan fingerprint density at radius 3 is 2.58 bits per heavy atom. The first-order chi connectivity index (χ1) is 8.97. The van der Waals surface area contributed by atoms with Gasteiger partial charge in [-0.05, 0) is 44.2 Å². The maximum atomic E-state index is 12.0. The zero-order valence-corrected chi connectivity index (χ0v) is 10.6. The number of rotatable bonds is 2. The Kier molecular flexibility index (Phi) is 3.37. The average molecular weight is 258 g/mol. The predicted molar refractivity (Wildman–Crippen MR) is 71.4 cm³/mol. The van der Waals surface area contributed by atoms with E-state index in [4.69, 9.17) is 0 Å². The second-order valence-corrected chi connectivity index (χ2v) is 4.24. The molecule has 0 unspecified atom stereocenters. The molecule has 0 aliphatic carbocycles. The normalized spacial score (nSPS) is 10.2. The molecule has 1 aromatic carbocycles. The Morgan fingerprint density at radius 1 is 1.16 bits per heavy atom. The van der Waals surface area contributed by atoms with Crippen LogP contribution < -0.4 is 5.32 Å². The van der Waals surface area contributed by atoms with Crippen LogP contribution in [0.4, 0.5) is 5.69 Å². The molecule has 1 heterocycles. The van der Waals surface area contributed by atoms with Crippen LogP contribution in [0.5, 0.6) is 11.5 Å². The quantitative estimate of drug-likeness (QED) is 0.722. The summed E-state index contributed by atoms with van der Waals surface area (Å²) in [6.07, 6.45) is 0. The lowest BCUT2D eigenvalue weighted by Gasteiger charge is -2.09. The Bertz CT molecular complexity index is 639. The Labute approximate surface area is 110 Å². The lowest BCUT2D eigenvalue weighted by molar-refractivity contribution is 0.102. The number of aryl methyl sites for hydroxylation is 2. The Balaban J connectivity index is 2.28. The van der Waals surface area contributed by atoms with Gasteiger partial charge in [0, 0.05) is 5.69 Å². The maximum absolute atomic E-state index is 12.0. The fraction of sp³-hybridized carbons (Fsp3) is 0.143. The van der Waals surface area contributed by atoms with Crippen LogP contribution in [-0.2, 0) is 0 Å². The van der Waals surface area contributed by atoms with Crippen molar-refractivity contribution in [3.8, 4) is 11.5 Å². The topological polar surface area (TPSA) is 82.5 Å². The first-order valence-corrected chi connectivity index (χ1v) is 5.75. The molecule has 5 nitrogen and oxygen atoms in total. The van der Waals surface area contributed by atoms with Crippen LogP contribution in [0.15, 0.2) is 30.3 Å². The summed E-state index contributed by atoms with van der Waals surface area (Å²) in [6.45, 7) is 3.64. The van der Waals surface area contributed by atoms with E-state index in [0.29, 0.717) is 11.4 Å². The standard InChI is InChI=1S/C14H14N2O3/c1-8-3-5-12(9(2)15-8)16-14(19)11-7-10(17)4-6-13(11)18/h3-7,17-18H,1-2H3,(H,16,19). The predicted octanol–water partition coefficient (Wildman–Crippen LogP) is 2.36. The molecule has 2 aromatic rings. The van der Waals surface area contributed by atoms with Crippen LogP contribution >= 0.6 is 0 Å². The van der Waals surface area contributed by atoms with Crippen molar-refractivity contribution in [2.45, 2.75) is 13.8 Å². The number of benzene rings is 1. The van der Waals surface area contributed by atoms with Gasteiger partial charge in [0.2, 0.25) is 0 Å². The maximum Gasteiger partial charge on any atom is 0.259 e. The Hall–Kier alpha value is -2.56. The van der Waals surface area contributed by atoms with Crippen molar-refractivity contribution in [1.82, 2.24) is 4.98 Å². The highest BCUT2D eigenvalue weighted by Crippen LogP contribution is 2.23. The molecule has 0 saturated carbocycles. The molecule has 0 aliphatic heterocycles. The van der Waals surface area contributed by atoms with Crippen LogP contribution in [-0.4, -0.2) is 21.1 Å². The highest BCUT2D eigenvalue weighted by molar-refractivity contribution is 6.06. The van der Waals surface area contributed by atoms with Crippen LogP contribution in [0.1, 0.15) is 21.7 Å². The van der Waals surface area contributed by atoms with Gasteiger partial charge in [-0.3, -0.25) is 9.78 Å².